The monoisotopic (exact) mass is 367 g/mol. The van der Waals surface area contributed by atoms with Crippen molar-refractivity contribution < 1.29 is 13.2 Å². The number of nitrogens with zero attached hydrogens (tertiary/aromatic N) is 4. The highest BCUT2D eigenvalue weighted by Gasteiger charge is 2.33. The fourth-order valence-corrected chi connectivity index (χ4v) is 2.88. The SMILES string of the molecule is Cc1cc(C(F)(F)F)nc(CCNc2cc(C3CC(N)C3)nc(N)n2)n1. The van der Waals surface area contributed by atoms with E-state index in [9.17, 15) is 13.2 Å². The van der Waals surface area contributed by atoms with Crippen LogP contribution < -0.4 is 16.8 Å². The van der Waals surface area contributed by atoms with E-state index in [4.69, 9.17) is 11.5 Å². The lowest BCUT2D eigenvalue weighted by Gasteiger charge is -2.32. The molecule has 2 aromatic heterocycles. The molecule has 5 N–H and O–H groups in total. The summed E-state index contributed by atoms with van der Waals surface area (Å²) in [6.45, 7) is 1.83. The van der Waals surface area contributed by atoms with Crippen LogP contribution in [0.1, 0.15) is 41.7 Å². The van der Waals surface area contributed by atoms with Crippen LogP contribution in [0.3, 0.4) is 0 Å². The normalized spacial score (nSPS) is 19.9. The number of nitrogens with one attached hydrogen (secondary N) is 1. The number of rotatable bonds is 5. The van der Waals surface area contributed by atoms with Gasteiger partial charge in [-0.05, 0) is 25.8 Å². The molecule has 10 heteroatoms. The highest BCUT2D eigenvalue weighted by molar-refractivity contribution is 5.42. The van der Waals surface area contributed by atoms with E-state index >= 15 is 0 Å². The van der Waals surface area contributed by atoms with E-state index in [1.165, 1.54) is 6.92 Å². The number of nitrogen functional groups attached to an aromatic ring is 1. The van der Waals surface area contributed by atoms with Crippen LogP contribution in [-0.2, 0) is 12.6 Å². The Morgan fingerprint density at radius 3 is 2.54 bits per heavy atom. The van der Waals surface area contributed by atoms with Gasteiger partial charge in [-0.15, -0.1) is 0 Å². The van der Waals surface area contributed by atoms with E-state index in [2.05, 4.69) is 25.3 Å². The molecule has 0 spiro atoms. The van der Waals surface area contributed by atoms with Crippen LogP contribution in [0.15, 0.2) is 12.1 Å². The summed E-state index contributed by atoms with van der Waals surface area (Å²) in [5.41, 5.74) is 11.7. The van der Waals surface area contributed by atoms with Crippen LogP contribution in [0.4, 0.5) is 24.9 Å². The number of halogens is 3. The number of hydrogen-bond donors (Lipinski definition) is 3. The summed E-state index contributed by atoms with van der Waals surface area (Å²) in [6.07, 6.45) is -2.56. The fraction of sp³-hybridized carbons (Fsp3) is 0.500. The average molecular weight is 367 g/mol. The van der Waals surface area contributed by atoms with Gasteiger partial charge in [0.2, 0.25) is 5.95 Å². The molecule has 0 saturated heterocycles. The second-order valence-corrected chi connectivity index (χ2v) is 6.45. The Kier molecular flexibility index (Phi) is 4.94. The molecule has 0 aliphatic heterocycles. The molecule has 1 aliphatic rings. The van der Waals surface area contributed by atoms with Gasteiger partial charge in [-0.1, -0.05) is 0 Å². The van der Waals surface area contributed by atoms with E-state index < -0.39 is 11.9 Å². The topological polar surface area (TPSA) is 116 Å². The molecular formula is C16H20F3N7. The van der Waals surface area contributed by atoms with Crippen molar-refractivity contribution in [2.75, 3.05) is 17.6 Å². The van der Waals surface area contributed by atoms with Crippen molar-refractivity contribution in [1.29, 1.82) is 0 Å². The van der Waals surface area contributed by atoms with Crippen molar-refractivity contribution in [2.45, 2.75) is 44.3 Å². The minimum atomic E-state index is -4.49. The van der Waals surface area contributed by atoms with Gasteiger partial charge >= 0.3 is 6.18 Å². The molecular weight excluding hydrogens is 347 g/mol. The highest BCUT2D eigenvalue weighted by atomic mass is 19.4. The zero-order valence-corrected chi connectivity index (χ0v) is 14.2. The van der Waals surface area contributed by atoms with Crippen molar-refractivity contribution in [1.82, 2.24) is 19.9 Å². The standard InChI is InChI=1S/C16H20F3N7/c1-8-4-12(16(17,18)19)25-13(23-8)2-3-22-14-7-11(24-15(21)26-14)9-5-10(20)6-9/h4,7,9-10H,2-3,5-6,20H2,1H3,(H3,21,22,24,26). The third kappa shape index (κ3) is 4.37. The third-order valence-electron chi connectivity index (χ3n) is 4.20. The number of hydrogen-bond acceptors (Lipinski definition) is 7. The molecule has 0 radical (unpaired) electrons. The van der Waals surface area contributed by atoms with E-state index in [-0.39, 0.29) is 35.8 Å². The highest BCUT2D eigenvalue weighted by Crippen LogP contribution is 2.35. The first-order valence-corrected chi connectivity index (χ1v) is 8.26. The van der Waals surface area contributed by atoms with Crippen LogP contribution in [0, 0.1) is 6.92 Å². The number of aromatic nitrogens is 4. The molecule has 0 amide bonds. The maximum atomic E-state index is 12.8. The van der Waals surface area contributed by atoms with Crippen molar-refractivity contribution in [2.24, 2.45) is 5.73 Å². The van der Waals surface area contributed by atoms with E-state index in [0.717, 1.165) is 24.6 Å². The van der Waals surface area contributed by atoms with Gasteiger partial charge in [0.05, 0.1) is 5.69 Å². The Bertz CT molecular complexity index is 788. The van der Waals surface area contributed by atoms with Gasteiger partial charge in [-0.25, -0.2) is 15.0 Å². The van der Waals surface area contributed by atoms with Gasteiger partial charge in [-0.3, -0.25) is 0 Å². The maximum Gasteiger partial charge on any atom is 0.433 e. The van der Waals surface area contributed by atoms with Gasteiger partial charge in [0.25, 0.3) is 0 Å². The van der Waals surface area contributed by atoms with Crippen LogP contribution >= 0.6 is 0 Å². The van der Waals surface area contributed by atoms with Crippen LogP contribution in [0.25, 0.3) is 0 Å². The van der Waals surface area contributed by atoms with E-state index in [0.29, 0.717) is 12.4 Å². The average Bonchev–Trinajstić information content (AvgIpc) is 2.50. The van der Waals surface area contributed by atoms with Crippen molar-refractivity contribution in [3.8, 4) is 0 Å². The van der Waals surface area contributed by atoms with Crippen molar-refractivity contribution >= 4 is 11.8 Å². The number of alkyl halides is 3. The Morgan fingerprint density at radius 2 is 1.88 bits per heavy atom. The molecule has 0 bridgehead atoms. The molecule has 1 fully saturated rings. The largest absolute Gasteiger partial charge is 0.433 e. The summed E-state index contributed by atoms with van der Waals surface area (Å²) in [5, 5.41) is 3.04. The first-order chi connectivity index (χ1) is 12.2. The molecule has 1 saturated carbocycles. The molecule has 2 aromatic rings. The van der Waals surface area contributed by atoms with Crippen molar-refractivity contribution in [3.05, 3.63) is 35.0 Å². The second-order valence-electron chi connectivity index (χ2n) is 6.45. The Balaban J connectivity index is 1.64. The Morgan fingerprint density at radius 1 is 1.15 bits per heavy atom. The smallest absolute Gasteiger partial charge is 0.369 e. The summed E-state index contributed by atoms with van der Waals surface area (Å²) in [4.78, 5) is 16.0. The lowest BCUT2D eigenvalue weighted by Crippen LogP contribution is -2.35. The minimum absolute atomic E-state index is 0.122. The van der Waals surface area contributed by atoms with Gasteiger partial charge in [0.15, 0.2) is 0 Å². The summed E-state index contributed by atoms with van der Waals surface area (Å²) >= 11 is 0. The molecule has 0 atom stereocenters. The van der Waals surface area contributed by atoms with Crippen molar-refractivity contribution in [3.63, 3.8) is 0 Å². The van der Waals surface area contributed by atoms with E-state index in [1.54, 1.807) is 6.07 Å². The Hall–Kier alpha value is -2.49. The molecule has 140 valence electrons. The first-order valence-electron chi connectivity index (χ1n) is 8.26. The predicted molar refractivity (Wildman–Crippen MR) is 90.4 cm³/mol. The summed E-state index contributed by atoms with van der Waals surface area (Å²) < 4.78 is 38.5. The van der Waals surface area contributed by atoms with Crippen LogP contribution in [-0.4, -0.2) is 32.5 Å². The molecule has 0 unspecified atom stereocenters. The zero-order valence-electron chi connectivity index (χ0n) is 14.2. The molecule has 1 aliphatic carbocycles. The lowest BCUT2D eigenvalue weighted by atomic mass is 9.78. The summed E-state index contributed by atoms with van der Waals surface area (Å²) in [6, 6.07) is 2.91. The number of anilines is 2. The lowest BCUT2D eigenvalue weighted by molar-refractivity contribution is -0.141. The van der Waals surface area contributed by atoms with Gasteiger partial charge < -0.3 is 16.8 Å². The molecule has 3 rings (SSSR count). The van der Waals surface area contributed by atoms with Gasteiger partial charge in [-0.2, -0.15) is 18.2 Å². The van der Waals surface area contributed by atoms with E-state index in [1.807, 2.05) is 0 Å². The zero-order chi connectivity index (χ0) is 18.9. The molecule has 2 heterocycles. The summed E-state index contributed by atoms with van der Waals surface area (Å²) in [5.74, 6) is 1.07. The quantitative estimate of drug-likeness (QED) is 0.740. The van der Waals surface area contributed by atoms with Gasteiger partial charge in [0, 0.05) is 36.7 Å². The minimum Gasteiger partial charge on any atom is -0.369 e. The van der Waals surface area contributed by atoms with Crippen LogP contribution in [0.2, 0.25) is 0 Å². The third-order valence-corrected chi connectivity index (χ3v) is 4.20. The predicted octanol–water partition coefficient (Wildman–Crippen LogP) is 2.04. The molecule has 26 heavy (non-hydrogen) atoms. The molecule has 0 aromatic carbocycles. The second kappa shape index (κ2) is 7.02. The van der Waals surface area contributed by atoms with Crippen LogP contribution in [0.5, 0.6) is 0 Å². The number of nitrogens with two attached hydrogens (primary N) is 2. The maximum absolute atomic E-state index is 12.8. The van der Waals surface area contributed by atoms with Gasteiger partial charge in [0.1, 0.15) is 17.3 Å². The Labute approximate surface area is 148 Å². The summed E-state index contributed by atoms with van der Waals surface area (Å²) in [7, 11) is 0. The first kappa shape index (κ1) is 18.3. The fourth-order valence-electron chi connectivity index (χ4n) is 2.88. The molecule has 7 nitrogen and oxygen atoms in total. The number of aryl methyl sites for hydroxylation is 1.